The van der Waals surface area contributed by atoms with Crippen LogP contribution in [0.5, 0.6) is 0 Å². The topological polar surface area (TPSA) is 109 Å². The van der Waals surface area contributed by atoms with Crippen LogP contribution in [-0.4, -0.2) is 50.8 Å². The number of hydrogen-bond donors (Lipinski definition) is 2. The average Bonchev–Trinajstić information content (AvgIpc) is 2.73. The Labute approximate surface area is 117 Å². The molecule has 1 aliphatic heterocycles. The van der Waals surface area contributed by atoms with Crippen molar-refractivity contribution in [3.8, 4) is 0 Å². The highest BCUT2D eigenvalue weighted by Crippen LogP contribution is 2.26. The molecule has 0 spiro atoms. The Morgan fingerprint density at radius 2 is 2.05 bits per heavy atom. The van der Waals surface area contributed by atoms with E-state index < -0.39 is 21.8 Å². The fourth-order valence-electron chi connectivity index (χ4n) is 1.51. The largest absolute Gasteiger partial charge is 0.475 e. The van der Waals surface area contributed by atoms with Crippen molar-refractivity contribution in [2.24, 2.45) is 0 Å². The summed E-state index contributed by atoms with van der Waals surface area (Å²) in [6.45, 7) is 1.69. The molecule has 1 aromatic heterocycles. The summed E-state index contributed by atoms with van der Waals surface area (Å²) in [5.74, 6) is -1.79. The molecule has 1 aliphatic rings. The highest BCUT2D eigenvalue weighted by atomic mass is 79.9. The number of rotatable bonds is 4. The van der Waals surface area contributed by atoms with Crippen LogP contribution in [0.3, 0.4) is 0 Å². The van der Waals surface area contributed by atoms with E-state index in [4.69, 9.17) is 14.3 Å². The van der Waals surface area contributed by atoms with Crippen LogP contribution in [0, 0.1) is 0 Å². The number of nitrogens with zero attached hydrogens (tertiary/aromatic N) is 1. The van der Waals surface area contributed by atoms with Gasteiger partial charge in [0.2, 0.25) is 5.76 Å². The van der Waals surface area contributed by atoms with E-state index >= 15 is 0 Å². The number of halogens is 1. The Morgan fingerprint density at radius 1 is 1.42 bits per heavy atom. The molecule has 0 aromatic carbocycles. The molecule has 1 saturated heterocycles. The van der Waals surface area contributed by atoms with Crippen LogP contribution in [0.1, 0.15) is 10.6 Å². The van der Waals surface area contributed by atoms with Crippen molar-refractivity contribution in [3.63, 3.8) is 0 Å². The number of sulfonamides is 1. The highest BCUT2D eigenvalue weighted by molar-refractivity contribution is 9.10. The van der Waals surface area contributed by atoms with E-state index in [1.54, 1.807) is 0 Å². The summed E-state index contributed by atoms with van der Waals surface area (Å²) in [6.07, 6.45) is 0. The van der Waals surface area contributed by atoms with E-state index in [0.717, 1.165) is 6.07 Å². The molecule has 0 atom stereocenters. The zero-order valence-corrected chi connectivity index (χ0v) is 12.0. The second kappa shape index (κ2) is 5.59. The molecule has 19 heavy (non-hydrogen) atoms. The van der Waals surface area contributed by atoms with Gasteiger partial charge in [0.15, 0.2) is 4.67 Å². The van der Waals surface area contributed by atoms with Crippen LogP contribution in [0.15, 0.2) is 20.0 Å². The quantitative estimate of drug-likeness (QED) is 0.798. The van der Waals surface area contributed by atoms with Gasteiger partial charge in [-0.1, -0.05) is 0 Å². The number of nitrogens with one attached hydrogen (secondary N) is 1. The normalized spacial score (nSPS) is 17.5. The second-order valence-corrected chi connectivity index (χ2v) is 6.10. The molecular weight excluding hydrogens is 344 g/mol. The molecular formula is C9H11BrN2O6S. The van der Waals surface area contributed by atoms with Gasteiger partial charge in [-0.2, -0.15) is 0 Å². The Bertz CT molecular complexity index is 578. The molecule has 2 rings (SSSR count). The molecule has 0 bridgehead atoms. The monoisotopic (exact) mass is 354 g/mol. The summed E-state index contributed by atoms with van der Waals surface area (Å²) in [6, 6.07) is 0.954. The number of morpholine rings is 1. The van der Waals surface area contributed by atoms with Gasteiger partial charge in [-0.15, -0.1) is 4.83 Å². The van der Waals surface area contributed by atoms with Crippen molar-refractivity contribution in [1.82, 2.24) is 9.84 Å². The average molecular weight is 355 g/mol. The van der Waals surface area contributed by atoms with Crippen LogP contribution < -0.4 is 4.83 Å². The van der Waals surface area contributed by atoms with E-state index in [0.29, 0.717) is 26.3 Å². The first-order valence-corrected chi connectivity index (χ1v) is 7.55. The van der Waals surface area contributed by atoms with Gasteiger partial charge in [0.25, 0.3) is 10.0 Å². The first-order chi connectivity index (χ1) is 8.90. The first-order valence-electron chi connectivity index (χ1n) is 5.28. The lowest BCUT2D eigenvalue weighted by Gasteiger charge is -2.26. The smallest absolute Gasteiger partial charge is 0.371 e. The molecule has 8 nitrogen and oxygen atoms in total. The summed E-state index contributed by atoms with van der Waals surface area (Å²) in [5.41, 5.74) is 0. The molecule has 0 aliphatic carbocycles. The zero-order chi connectivity index (χ0) is 14.0. The van der Waals surface area contributed by atoms with Gasteiger partial charge < -0.3 is 14.3 Å². The zero-order valence-electron chi connectivity index (χ0n) is 9.63. The summed E-state index contributed by atoms with van der Waals surface area (Å²) in [4.78, 5) is 12.8. The molecule has 106 valence electrons. The van der Waals surface area contributed by atoms with Crippen molar-refractivity contribution in [2.75, 3.05) is 26.3 Å². The summed E-state index contributed by atoms with van der Waals surface area (Å²) in [7, 11) is -3.89. The molecule has 0 unspecified atom stereocenters. The standard InChI is InChI=1S/C9H11BrN2O6S/c10-8-7(5-6(18-8)9(13)14)19(15,16)11-12-1-3-17-4-2-12/h5,11H,1-4H2,(H,13,14). The molecule has 10 heteroatoms. The van der Waals surface area contributed by atoms with Crippen LogP contribution in [0.4, 0.5) is 0 Å². The third-order valence-corrected chi connectivity index (χ3v) is 4.65. The summed E-state index contributed by atoms with van der Waals surface area (Å²) in [5, 5.41) is 10.2. The lowest BCUT2D eigenvalue weighted by Crippen LogP contribution is -2.48. The van der Waals surface area contributed by atoms with Gasteiger partial charge >= 0.3 is 5.97 Å². The van der Waals surface area contributed by atoms with E-state index in [1.807, 2.05) is 0 Å². The predicted octanol–water partition coefficient (Wildman–Crippen LogP) is 0.266. The SMILES string of the molecule is O=C(O)c1cc(S(=O)(=O)NN2CCOCC2)c(Br)o1. The second-order valence-electron chi connectivity index (χ2n) is 3.75. The molecule has 0 radical (unpaired) electrons. The first kappa shape index (κ1) is 14.5. The molecule has 1 aromatic rings. The van der Waals surface area contributed by atoms with E-state index in [-0.39, 0.29) is 9.56 Å². The fourth-order valence-corrected chi connectivity index (χ4v) is 3.58. The van der Waals surface area contributed by atoms with Crippen molar-refractivity contribution < 1.29 is 27.5 Å². The minimum absolute atomic E-state index is 0.148. The summed E-state index contributed by atoms with van der Waals surface area (Å²) < 4.78 is 33.9. The van der Waals surface area contributed by atoms with E-state index in [9.17, 15) is 13.2 Å². The van der Waals surface area contributed by atoms with E-state index in [2.05, 4.69) is 20.8 Å². The highest BCUT2D eigenvalue weighted by Gasteiger charge is 2.27. The minimum Gasteiger partial charge on any atom is -0.475 e. The number of aromatic carboxylic acids is 1. The molecule has 2 heterocycles. The maximum atomic E-state index is 12.1. The molecule has 1 fully saturated rings. The number of carbonyl (C=O) groups is 1. The number of carboxylic acids is 1. The van der Waals surface area contributed by atoms with Crippen LogP contribution in [0.2, 0.25) is 0 Å². The lowest BCUT2D eigenvalue weighted by molar-refractivity contribution is 0.0272. The number of hydrazine groups is 1. The van der Waals surface area contributed by atoms with Crippen LogP contribution in [-0.2, 0) is 14.8 Å². The van der Waals surface area contributed by atoms with Gasteiger partial charge in [0.05, 0.1) is 13.2 Å². The number of carboxylic acid groups (broad SMARTS) is 1. The third-order valence-electron chi connectivity index (χ3n) is 2.42. The van der Waals surface area contributed by atoms with Gasteiger partial charge in [-0.05, 0) is 15.9 Å². The van der Waals surface area contributed by atoms with Crippen molar-refractivity contribution >= 4 is 31.9 Å². The predicted molar refractivity (Wildman–Crippen MR) is 66.1 cm³/mol. The third kappa shape index (κ3) is 3.34. The molecule has 0 saturated carbocycles. The van der Waals surface area contributed by atoms with Gasteiger partial charge in [-0.3, -0.25) is 0 Å². The van der Waals surface area contributed by atoms with Crippen molar-refractivity contribution in [3.05, 3.63) is 16.5 Å². The van der Waals surface area contributed by atoms with Crippen molar-refractivity contribution in [1.29, 1.82) is 0 Å². The Balaban J connectivity index is 2.21. The maximum absolute atomic E-state index is 12.1. The molecule has 0 amide bonds. The Morgan fingerprint density at radius 3 is 2.58 bits per heavy atom. The maximum Gasteiger partial charge on any atom is 0.371 e. The Kier molecular flexibility index (Phi) is 4.26. The van der Waals surface area contributed by atoms with Crippen molar-refractivity contribution in [2.45, 2.75) is 4.90 Å². The number of ether oxygens (including phenoxy) is 1. The summed E-state index contributed by atoms with van der Waals surface area (Å²) >= 11 is 2.89. The number of hydrogen-bond acceptors (Lipinski definition) is 6. The fraction of sp³-hybridized carbons (Fsp3) is 0.444. The minimum atomic E-state index is -3.89. The van der Waals surface area contributed by atoms with E-state index in [1.165, 1.54) is 5.01 Å². The molecule has 2 N–H and O–H groups in total. The van der Waals surface area contributed by atoms with Gasteiger partial charge in [-0.25, -0.2) is 18.2 Å². The van der Waals surface area contributed by atoms with Crippen LogP contribution >= 0.6 is 15.9 Å². The number of furan rings is 1. The van der Waals surface area contributed by atoms with Gasteiger partial charge in [0.1, 0.15) is 4.90 Å². The lowest BCUT2D eigenvalue weighted by atomic mass is 10.5. The Hall–Kier alpha value is -0.940. The van der Waals surface area contributed by atoms with Gasteiger partial charge in [0, 0.05) is 19.2 Å². The van der Waals surface area contributed by atoms with Crippen LogP contribution in [0.25, 0.3) is 0 Å².